The summed E-state index contributed by atoms with van der Waals surface area (Å²) in [5.41, 5.74) is 3.55. The fourth-order valence-corrected chi connectivity index (χ4v) is 5.39. The highest BCUT2D eigenvalue weighted by Crippen LogP contribution is 2.24. The molecule has 0 unspecified atom stereocenters. The van der Waals surface area contributed by atoms with Gasteiger partial charge in [0, 0.05) is 11.5 Å². The predicted molar refractivity (Wildman–Crippen MR) is 119 cm³/mol. The molecule has 1 fully saturated rings. The number of hydrogen-bond acceptors (Lipinski definition) is 4. The Balaban J connectivity index is 1.51. The van der Waals surface area contributed by atoms with Gasteiger partial charge in [-0.15, -0.1) is 0 Å². The minimum atomic E-state index is -3.51. The maximum absolute atomic E-state index is 13.0. The molecule has 1 aliphatic heterocycles. The first kappa shape index (κ1) is 20.6. The van der Waals surface area contributed by atoms with Gasteiger partial charge in [0.15, 0.2) is 0 Å². The van der Waals surface area contributed by atoms with E-state index in [-0.39, 0.29) is 0 Å². The van der Waals surface area contributed by atoms with Crippen LogP contribution >= 0.6 is 0 Å². The number of para-hydroxylation sites is 1. The van der Waals surface area contributed by atoms with Crippen molar-refractivity contribution in [2.24, 2.45) is 0 Å². The number of ether oxygens (including phenoxy) is 1. The van der Waals surface area contributed by atoms with Crippen molar-refractivity contribution in [2.75, 3.05) is 37.7 Å². The number of sulfonamides is 1. The normalized spacial score (nSPS) is 15.5. The van der Waals surface area contributed by atoms with Gasteiger partial charge in [0.1, 0.15) is 11.3 Å². The van der Waals surface area contributed by atoms with E-state index >= 15 is 0 Å². The summed E-state index contributed by atoms with van der Waals surface area (Å²) in [6.07, 6.45) is 0. The Labute approximate surface area is 178 Å². The summed E-state index contributed by atoms with van der Waals surface area (Å²) in [6, 6.07) is 15.1. The molecule has 6 nitrogen and oxygen atoms in total. The first-order chi connectivity index (χ1) is 14.4. The van der Waals surface area contributed by atoms with Gasteiger partial charge in [-0.25, -0.2) is 13.4 Å². The fraction of sp³-hybridized carbons (Fsp3) is 0.348. The van der Waals surface area contributed by atoms with Crippen molar-refractivity contribution >= 4 is 26.7 Å². The summed E-state index contributed by atoms with van der Waals surface area (Å²) < 4.78 is 33.0. The summed E-state index contributed by atoms with van der Waals surface area (Å²) in [4.78, 5) is 6.09. The molecular formula is C23H28N3O3S+. The lowest BCUT2D eigenvalue weighted by Crippen LogP contribution is -2.50. The highest BCUT2D eigenvalue weighted by Gasteiger charge is 2.32. The number of nitrogens with one attached hydrogen (secondary N) is 1. The zero-order chi connectivity index (χ0) is 21.3. The van der Waals surface area contributed by atoms with Crippen LogP contribution in [0.3, 0.4) is 0 Å². The Morgan fingerprint density at radius 3 is 2.33 bits per heavy atom. The van der Waals surface area contributed by atoms with Crippen LogP contribution in [0, 0.1) is 13.8 Å². The molecule has 4 rings (SSSR count). The van der Waals surface area contributed by atoms with E-state index in [1.807, 2.05) is 6.92 Å². The predicted octanol–water partition coefficient (Wildman–Crippen LogP) is 3.18. The number of aromatic nitrogens is 1. The minimum absolute atomic E-state index is 0.308. The highest BCUT2D eigenvalue weighted by atomic mass is 32.2. The monoisotopic (exact) mass is 426 g/mol. The van der Waals surface area contributed by atoms with Crippen molar-refractivity contribution in [1.82, 2.24) is 4.31 Å². The van der Waals surface area contributed by atoms with E-state index in [4.69, 9.17) is 4.74 Å². The summed E-state index contributed by atoms with van der Waals surface area (Å²) >= 11 is 0. The van der Waals surface area contributed by atoms with Crippen molar-refractivity contribution in [1.29, 1.82) is 0 Å². The van der Waals surface area contributed by atoms with Gasteiger partial charge in [0.25, 0.3) is 5.82 Å². The van der Waals surface area contributed by atoms with Crippen molar-refractivity contribution in [3.8, 4) is 5.75 Å². The number of H-pyrrole nitrogens is 1. The minimum Gasteiger partial charge on any atom is -0.494 e. The molecule has 0 bridgehead atoms. The third kappa shape index (κ3) is 3.87. The van der Waals surface area contributed by atoms with Crippen molar-refractivity contribution in [2.45, 2.75) is 25.7 Å². The smallest absolute Gasteiger partial charge is 0.275 e. The summed E-state index contributed by atoms with van der Waals surface area (Å²) in [5.74, 6) is 1.71. The van der Waals surface area contributed by atoms with Crippen LogP contribution in [0.1, 0.15) is 18.1 Å². The summed E-state index contributed by atoms with van der Waals surface area (Å²) in [5, 5.41) is 1.22. The van der Waals surface area contributed by atoms with Crippen LogP contribution in [0.15, 0.2) is 53.4 Å². The standard InChI is InChI=1S/C23H27N3O3S/c1-4-29-19-8-10-20(11-9-19)30(27,28)26-14-12-25(13-15-26)22-16-18(3)21-7-5-6-17(2)23(21)24-22/h5-11,16H,4,12-15H2,1-3H3/p+1. The quantitative estimate of drug-likeness (QED) is 0.629. The lowest BCUT2D eigenvalue weighted by Gasteiger charge is -2.30. The number of aryl methyl sites for hydroxylation is 2. The van der Waals surface area contributed by atoms with E-state index < -0.39 is 10.0 Å². The number of nitrogens with zero attached hydrogens (tertiary/aromatic N) is 2. The number of piperazine rings is 1. The molecule has 0 saturated carbocycles. The van der Waals surface area contributed by atoms with Crippen LogP contribution in [0.25, 0.3) is 10.9 Å². The molecule has 7 heteroatoms. The first-order valence-corrected chi connectivity index (χ1v) is 11.7. The Kier molecular flexibility index (Phi) is 5.66. The molecule has 2 heterocycles. The Morgan fingerprint density at radius 2 is 1.67 bits per heavy atom. The number of rotatable bonds is 5. The van der Waals surface area contributed by atoms with Crippen LogP contribution in [0.5, 0.6) is 5.75 Å². The van der Waals surface area contributed by atoms with Crippen molar-refractivity contribution < 1.29 is 18.1 Å². The van der Waals surface area contributed by atoms with Crippen LogP contribution < -0.4 is 14.6 Å². The van der Waals surface area contributed by atoms with Crippen molar-refractivity contribution in [3.63, 3.8) is 0 Å². The second kappa shape index (κ2) is 8.24. The maximum atomic E-state index is 13.0. The van der Waals surface area contributed by atoms with Crippen LogP contribution in [0.4, 0.5) is 5.82 Å². The molecule has 0 radical (unpaired) electrons. The van der Waals surface area contributed by atoms with E-state index in [0.29, 0.717) is 43.4 Å². The third-order valence-corrected chi connectivity index (χ3v) is 7.57. The number of aromatic amines is 1. The Hall–Kier alpha value is -2.64. The molecule has 30 heavy (non-hydrogen) atoms. The molecule has 158 valence electrons. The van der Waals surface area contributed by atoms with Crippen LogP contribution in [-0.2, 0) is 10.0 Å². The number of anilines is 1. The SMILES string of the molecule is CCOc1ccc(S(=O)(=O)N2CCN(c3cc(C)c4cccc(C)c4[nH+]3)CC2)cc1. The topological polar surface area (TPSA) is 64.0 Å². The Morgan fingerprint density at radius 1 is 0.967 bits per heavy atom. The lowest BCUT2D eigenvalue weighted by molar-refractivity contribution is -0.331. The van der Waals surface area contributed by atoms with Gasteiger partial charge >= 0.3 is 0 Å². The number of pyridine rings is 1. The summed E-state index contributed by atoms with van der Waals surface area (Å²) in [6.45, 7) is 8.86. The molecule has 0 atom stereocenters. The average molecular weight is 427 g/mol. The number of hydrogen-bond donors (Lipinski definition) is 0. The van der Waals surface area contributed by atoms with E-state index in [0.717, 1.165) is 11.3 Å². The van der Waals surface area contributed by atoms with E-state index in [9.17, 15) is 8.42 Å². The van der Waals surface area contributed by atoms with Gasteiger partial charge in [-0.3, -0.25) is 4.90 Å². The summed E-state index contributed by atoms with van der Waals surface area (Å²) in [7, 11) is -3.51. The van der Waals surface area contributed by atoms with Gasteiger partial charge in [-0.05, 0) is 56.2 Å². The van der Waals surface area contributed by atoms with Gasteiger partial charge in [-0.2, -0.15) is 4.31 Å². The molecule has 0 aliphatic carbocycles. The third-order valence-electron chi connectivity index (χ3n) is 5.66. The van der Waals surface area contributed by atoms with E-state index in [1.165, 1.54) is 16.5 Å². The largest absolute Gasteiger partial charge is 0.494 e. The molecule has 0 amide bonds. The molecule has 2 aromatic carbocycles. The average Bonchev–Trinajstić information content (AvgIpc) is 2.75. The molecule has 1 aliphatic rings. The van der Waals surface area contributed by atoms with Gasteiger partial charge in [-0.1, -0.05) is 18.2 Å². The number of benzene rings is 2. The van der Waals surface area contributed by atoms with Crippen molar-refractivity contribution in [3.05, 3.63) is 59.7 Å². The highest BCUT2D eigenvalue weighted by molar-refractivity contribution is 7.89. The van der Waals surface area contributed by atoms with E-state index in [2.05, 4.69) is 48.0 Å². The zero-order valence-electron chi connectivity index (χ0n) is 17.7. The molecule has 1 saturated heterocycles. The van der Waals surface area contributed by atoms with Gasteiger partial charge in [0.2, 0.25) is 10.0 Å². The first-order valence-electron chi connectivity index (χ1n) is 10.3. The van der Waals surface area contributed by atoms with E-state index in [1.54, 1.807) is 28.6 Å². The molecule has 3 aromatic rings. The second-order valence-electron chi connectivity index (χ2n) is 7.63. The molecular weight excluding hydrogens is 398 g/mol. The molecule has 1 N–H and O–H groups in total. The zero-order valence-corrected chi connectivity index (χ0v) is 18.5. The lowest BCUT2D eigenvalue weighted by atomic mass is 10.1. The second-order valence-corrected chi connectivity index (χ2v) is 9.57. The van der Waals surface area contributed by atoms with Gasteiger partial charge < -0.3 is 4.74 Å². The van der Waals surface area contributed by atoms with Gasteiger partial charge in [0.05, 0.1) is 37.7 Å². The molecule has 0 spiro atoms. The maximum Gasteiger partial charge on any atom is 0.275 e. The fourth-order valence-electron chi connectivity index (χ4n) is 3.97. The van der Waals surface area contributed by atoms with Crippen LogP contribution in [0.2, 0.25) is 0 Å². The molecule has 1 aromatic heterocycles. The Bertz CT molecular complexity index is 1150. The number of fused-ring (bicyclic) bond motifs is 1. The van der Waals surface area contributed by atoms with Crippen LogP contribution in [-0.4, -0.2) is 45.5 Å².